The van der Waals surface area contributed by atoms with Crippen molar-refractivity contribution in [2.45, 2.75) is 5.16 Å². The highest BCUT2D eigenvalue weighted by molar-refractivity contribution is 7.99. The molecule has 0 saturated heterocycles. The molecule has 3 aromatic rings. The van der Waals surface area contributed by atoms with Crippen molar-refractivity contribution in [2.75, 3.05) is 16.8 Å². The van der Waals surface area contributed by atoms with E-state index in [1.165, 1.54) is 29.4 Å². The molecule has 3 rings (SSSR count). The number of nitrogens with one attached hydrogen (secondary N) is 1. The Bertz CT molecular complexity index is 796. The zero-order valence-electron chi connectivity index (χ0n) is 11.1. The van der Waals surface area contributed by atoms with Gasteiger partial charge in [0.05, 0.1) is 16.0 Å². The number of thiazole rings is 1. The van der Waals surface area contributed by atoms with Gasteiger partial charge in [-0.2, -0.15) is 5.10 Å². The van der Waals surface area contributed by atoms with Crippen molar-refractivity contribution in [1.82, 2.24) is 19.7 Å². The van der Waals surface area contributed by atoms with Crippen molar-refractivity contribution >= 4 is 50.0 Å². The van der Waals surface area contributed by atoms with E-state index in [1.807, 2.05) is 12.1 Å². The van der Waals surface area contributed by atoms with Crippen LogP contribution in [0.15, 0.2) is 29.7 Å². The molecule has 0 fully saturated rings. The molecule has 0 aliphatic rings. The van der Waals surface area contributed by atoms with Crippen LogP contribution >= 0.6 is 23.1 Å². The zero-order chi connectivity index (χ0) is 14.8. The maximum Gasteiger partial charge on any atom is 0.236 e. The molecule has 0 saturated carbocycles. The van der Waals surface area contributed by atoms with Gasteiger partial charge in [0, 0.05) is 12.7 Å². The molecular formula is C12H12N6OS2. The summed E-state index contributed by atoms with van der Waals surface area (Å²) in [5.74, 6) is 0.125. The largest absolute Gasteiger partial charge is 0.399 e. The molecule has 3 N–H and O–H groups in total. The first-order chi connectivity index (χ1) is 10.1. The van der Waals surface area contributed by atoms with Crippen molar-refractivity contribution in [2.24, 2.45) is 7.05 Å². The average Bonchev–Trinajstić information content (AvgIpc) is 3.01. The molecular weight excluding hydrogens is 308 g/mol. The highest BCUT2D eigenvalue weighted by atomic mass is 32.2. The Morgan fingerprint density at radius 2 is 2.38 bits per heavy atom. The fraction of sp³-hybridized carbons (Fsp3) is 0.167. The molecule has 0 spiro atoms. The van der Waals surface area contributed by atoms with Gasteiger partial charge in [-0.3, -0.25) is 4.79 Å². The standard InChI is InChI=1S/C12H12N6OS2/c1-18-12(14-6-15-18)20-5-10(19)17-11-16-8-3-2-7(13)4-9(8)21-11/h2-4,6H,5,13H2,1H3,(H,16,17,19). The topological polar surface area (TPSA) is 98.7 Å². The normalized spacial score (nSPS) is 10.9. The molecule has 108 valence electrons. The van der Waals surface area contributed by atoms with Crippen LogP contribution in [0.25, 0.3) is 10.2 Å². The number of fused-ring (bicyclic) bond motifs is 1. The van der Waals surface area contributed by atoms with Crippen molar-refractivity contribution in [3.05, 3.63) is 24.5 Å². The Morgan fingerprint density at radius 1 is 1.52 bits per heavy atom. The Hall–Kier alpha value is -2.13. The molecule has 1 amide bonds. The number of aryl methyl sites for hydroxylation is 1. The first kappa shape index (κ1) is 13.8. The number of aromatic nitrogens is 4. The van der Waals surface area contributed by atoms with Crippen molar-refractivity contribution in [3.8, 4) is 0 Å². The molecule has 21 heavy (non-hydrogen) atoms. The van der Waals surface area contributed by atoms with Crippen molar-refractivity contribution < 1.29 is 4.79 Å². The summed E-state index contributed by atoms with van der Waals surface area (Å²) in [5.41, 5.74) is 7.23. The minimum Gasteiger partial charge on any atom is -0.399 e. The monoisotopic (exact) mass is 320 g/mol. The minimum atomic E-state index is -0.130. The summed E-state index contributed by atoms with van der Waals surface area (Å²) in [6, 6.07) is 5.47. The van der Waals surface area contributed by atoms with Gasteiger partial charge in [-0.15, -0.1) is 0 Å². The van der Waals surface area contributed by atoms with Gasteiger partial charge in [-0.05, 0) is 18.2 Å². The van der Waals surface area contributed by atoms with E-state index < -0.39 is 0 Å². The number of carbonyl (C=O) groups is 1. The predicted molar refractivity (Wildman–Crippen MR) is 84.4 cm³/mol. The van der Waals surface area contributed by atoms with E-state index in [4.69, 9.17) is 5.73 Å². The predicted octanol–water partition coefficient (Wildman–Crippen LogP) is 1.74. The van der Waals surface area contributed by atoms with E-state index in [0.29, 0.717) is 16.0 Å². The third-order valence-electron chi connectivity index (χ3n) is 2.66. The lowest BCUT2D eigenvalue weighted by Gasteiger charge is -2.00. The number of nitrogens with two attached hydrogens (primary N) is 1. The SMILES string of the molecule is Cn1ncnc1SCC(=O)Nc1nc2ccc(N)cc2s1. The number of hydrogen-bond acceptors (Lipinski definition) is 7. The van der Waals surface area contributed by atoms with Gasteiger partial charge in [0.2, 0.25) is 5.91 Å². The van der Waals surface area contributed by atoms with Crippen LogP contribution in [0.3, 0.4) is 0 Å². The Labute approximate surface area is 128 Å². The first-order valence-electron chi connectivity index (χ1n) is 6.04. The van der Waals surface area contributed by atoms with Gasteiger partial charge in [0.1, 0.15) is 6.33 Å². The second kappa shape index (κ2) is 5.70. The van der Waals surface area contributed by atoms with E-state index in [1.54, 1.807) is 17.8 Å². The summed E-state index contributed by atoms with van der Waals surface area (Å²) >= 11 is 2.73. The highest BCUT2D eigenvalue weighted by Gasteiger charge is 2.10. The van der Waals surface area contributed by atoms with Crippen LogP contribution in [-0.2, 0) is 11.8 Å². The fourth-order valence-corrected chi connectivity index (χ4v) is 3.31. The number of amides is 1. The lowest BCUT2D eigenvalue weighted by atomic mass is 10.3. The van der Waals surface area contributed by atoms with E-state index >= 15 is 0 Å². The van der Waals surface area contributed by atoms with E-state index in [9.17, 15) is 4.79 Å². The maximum absolute atomic E-state index is 11.9. The number of benzene rings is 1. The molecule has 0 aliphatic heterocycles. The fourth-order valence-electron chi connectivity index (χ4n) is 1.70. The van der Waals surface area contributed by atoms with E-state index in [2.05, 4.69) is 20.4 Å². The van der Waals surface area contributed by atoms with E-state index in [0.717, 1.165) is 10.2 Å². The Kier molecular flexibility index (Phi) is 3.76. The number of hydrogen-bond donors (Lipinski definition) is 2. The molecule has 0 unspecified atom stereocenters. The number of rotatable bonds is 4. The molecule has 0 radical (unpaired) electrons. The lowest BCUT2D eigenvalue weighted by Crippen LogP contribution is -2.14. The molecule has 7 nitrogen and oxygen atoms in total. The zero-order valence-corrected chi connectivity index (χ0v) is 12.7. The third-order valence-corrected chi connectivity index (χ3v) is 4.63. The summed E-state index contributed by atoms with van der Waals surface area (Å²) in [6.45, 7) is 0. The van der Waals surface area contributed by atoms with Crippen LogP contribution in [0, 0.1) is 0 Å². The smallest absolute Gasteiger partial charge is 0.236 e. The first-order valence-corrected chi connectivity index (χ1v) is 7.85. The number of carbonyl (C=O) groups excluding carboxylic acids is 1. The third kappa shape index (κ3) is 3.14. The number of nitrogens with zero attached hydrogens (tertiary/aromatic N) is 4. The second-order valence-corrected chi connectivity index (χ2v) is 6.22. The summed E-state index contributed by atoms with van der Waals surface area (Å²) in [7, 11) is 1.78. The lowest BCUT2D eigenvalue weighted by molar-refractivity contribution is -0.113. The molecule has 2 aromatic heterocycles. The van der Waals surface area contributed by atoms with Gasteiger partial charge in [0.15, 0.2) is 10.3 Å². The molecule has 1 aromatic carbocycles. The van der Waals surface area contributed by atoms with Crippen LogP contribution in [0.2, 0.25) is 0 Å². The van der Waals surface area contributed by atoms with Gasteiger partial charge in [0.25, 0.3) is 0 Å². The van der Waals surface area contributed by atoms with Crippen LogP contribution < -0.4 is 11.1 Å². The molecule has 0 atom stereocenters. The van der Waals surface area contributed by atoms with Crippen molar-refractivity contribution in [1.29, 1.82) is 0 Å². The summed E-state index contributed by atoms with van der Waals surface area (Å²) in [6.07, 6.45) is 1.46. The number of thioether (sulfide) groups is 1. The van der Waals surface area contributed by atoms with Crippen LogP contribution in [0.5, 0.6) is 0 Å². The molecule has 9 heteroatoms. The van der Waals surface area contributed by atoms with Crippen LogP contribution in [0.1, 0.15) is 0 Å². The summed E-state index contributed by atoms with van der Waals surface area (Å²) in [5, 5.41) is 7.99. The Morgan fingerprint density at radius 3 is 3.14 bits per heavy atom. The minimum absolute atomic E-state index is 0.130. The van der Waals surface area contributed by atoms with Gasteiger partial charge in [-0.1, -0.05) is 23.1 Å². The van der Waals surface area contributed by atoms with E-state index in [-0.39, 0.29) is 11.7 Å². The van der Waals surface area contributed by atoms with Crippen molar-refractivity contribution in [3.63, 3.8) is 0 Å². The molecule has 2 heterocycles. The van der Waals surface area contributed by atoms with Gasteiger partial charge < -0.3 is 11.1 Å². The number of nitrogen functional groups attached to an aromatic ring is 1. The maximum atomic E-state index is 11.9. The summed E-state index contributed by atoms with van der Waals surface area (Å²) in [4.78, 5) is 20.3. The molecule has 0 aliphatic carbocycles. The van der Waals surface area contributed by atoms with Gasteiger partial charge in [-0.25, -0.2) is 14.6 Å². The van der Waals surface area contributed by atoms with Gasteiger partial charge >= 0.3 is 0 Å². The van der Waals surface area contributed by atoms with Crippen LogP contribution in [0.4, 0.5) is 10.8 Å². The molecule has 0 bridgehead atoms. The average molecular weight is 320 g/mol. The highest BCUT2D eigenvalue weighted by Crippen LogP contribution is 2.27. The quantitative estimate of drug-likeness (QED) is 0.561. The number of anilines is 2. The van der Waals surface area contributed by atoms with Crippen LogP contribution in [-0.4, -0.2) is 31.4 Å². The second-order valence-electron chi connectivity index (χ2n) is 4.25. The Balaban J connectivity index is 1.64. The summed E-state index contributed by atoms with van der Waals surface area (Å²) < 4.78 is 2.57.